The van der Waals surface area contributed by atoms with Crippen molar-refractivity contribution in [2.45, 2.75) is 12.8 Å². The van der Waals surface area contributed by atoms with Crippen LogP contribution in [0.2, 0.25) is 10.0 Å². The number of halogens is 2. The highest BCUT2D eigenvalue weighted by atomic mass is 35.5. The van der Waals surface area contributed by atoms with E-state index in [1.807, 2.05) is 23.1 Å². The van der Waals surface area contributed by atoms with Gasteiger partial charge >= 0.3 is 0 Å². The molecule has 1 atom stereocenters. The van der Waals surface area contributed by atoms with E-state index in [9.17, 15) is 4.79 Å². The molecule has 1 N–H and O–H groups in total. The number of piperazine rings is 1. The first kappa shape index (κ1) is 15.9. The van der Waals surface area contributed by atoms with Gasteiger partial charge in [-0.3, -0.25) is 4.79 Å². The Hall–Kier alpha value is -0.970. The van der Waals surface area contributed by atoms with Gasteiger partial charge in [-0.15, -0.1) is 0 Å². The van der Waals surface area contributed by atoms with Gasteiger partial charge in [0.2, 0.25) is 5.91 Å². The van der Waals surface area contributed by atoms with Gasteiger partial charge in [0.1, 0.15) is 0 Å². The van der Waals surface area contributed by atoms with E-state index < -0.39 is 0 Å². The van der Waals surface area contributed by atoms with Crippen molar-refractivity contribution < 1.29 is 4.79 Å². The largest absolute Gasteiger partial charge is 0.368 e. The van der Waals surface area contributed by atoms with E-state index in [4.69, 9.17) is 23.2 Å². The molecule has 22 heavy (non-hydrogen) atoms. The van der Waals surface area contributed by atoms with Crippen molar-refractivity contribution in [3.8, 4) is 0 Å². The van der Waals surface area contributed by atoms with Crippen LogP contribution in [0.5, 0.6) is 0 Å². The van der Waals surface area contributed by atoms with Gasteiger partial charge in [0.05, 0.1) is 16.0 Å². The Labute approximate surface area is 141 Å². The van der Waals surface area contributed by atoms with Crippen LogP contribution in [0, 0.1) is 5.92 Å². The zero-order valence-corrected chi connectivity index (χ0v) is 14.0. The molecule has 0 radical (unpaired) electrons. The number of hydrogen-bond acceptors (Lipinski definition) is 3. The highest BCUT2D eigenvalue weighted by molar-refractivity contribution is 6.42. The lowest BCUT2D eigenvalue weighted by molar-refractivity contribution is -0.136. The van der Waals surface area contributed by atoms with Crippen LogP contribution in [-0.4, -0.2) is 50.1 Å². The molecule has 1 unspecified atom stereocenters. The minimum absolute atomic E-state index is 0.158. The van der Waals surface area contributed by atoms with E-state index in [1.165, 1.54) is 0 Å². The molecule has 1 aromatic carbocycles. The number of benzene rings is 1. The zero-order valence-electron chi connectivity index (χ0n) is 12.5. The summed E-state index contributed by atoms with van der Waals surface area (Å²) < 4.78 is 0. The summed E-state index contributed by atoms with van der Waals surface area (Å²) in [4.78, 5) is 16.8. The van der Waals surface area contributed by atoms with Crippen LogP contribution < -0.4 is 10.2 Å². The fourth-order valence-corrected chi connectivity index (χ4v) is 3.48. The monoisotopic (exact) mass is 341 g/mol. The van der Waals surface area contributed by atoms with Crippen molar-refractivity contribution in [2.75, 3.05) is 44.2 Å². The highest BCUT2D eigenvalue weighted by Gasteiger charge is 2.28. The number of carbonyl (C=O) groups excluding carboxylic acids is 1. The van der Waals surface area contributed by atoms with Crippen LogP contribution in [0.15, 0.2) is 18.2 Å². The topological polar surface area (TPSA) is 35.6 Å². The Kier molecular flexibility index (Phi) is 5.11. The van der Waals surface area contributed by atoms with Gasteiger partial charge in [0, 0.05) is 38.4 Å². The van der Waals surface area contributed by atoms with Crippen LogP contribution in [0.25, 0.3) is 0 Å². The molecule has 1 aromatic rings. The molecular formula is C16H21Cl2N3O. The summed E-state index contributed by atoms with van der Waals surface area (Å²) >= 11 is 12.0. The van der Waals surface area contributed by atoms with Gasteiger partial charge < -0.3 is 15.1 Å². The normalized spacial score (nSPS) is 22.7. The van der Waals surface area contributed by atoms with Crippen LogP contribution in [0.4, 0.5) is 5.69 Å². The van der Waals surface area contributed by atoms with Crippen molar-refractivity contribution in [3.63, 3.8) is 0 Å². The summed E-state index contributed by atoms with van der Waals surface area (Å²) in [7, 11) is 0. The highest BCUT2D eigenvalue weighted by Crippen LogP contribution is 2.28. The van der Waals surface area contributed by atoms with Crippen LogP contribution in [-0.2, 0) is 4.79 Å². The predicted octanol–water partition coefficient (Wildman–Crippen LogP) is 2.64. The Balaban J connectivity index is 1.57. The van der Waals surface area contributed by atoms with E-state index in [0.717, 1.165) is 57.8 Å². The number of nitrogens with one attached hydrogen (secondary N) is 1. The maximum absolute atomic E-state index is 12.5. The Morgan fingerprint density at radius 1 is 1.14 bits per heavy atom. The van der Waals surface area contributed by atoms with E-state index in [2.05, 4.69) is 10.2 Å². The first-order chi connectivity index (χ1) is 10.6. The number of nitrogens with zero attached hydrogens (tertiary/aromatic N) is 2. The molecule has 0 spiro atoms. The summed E-state index contributed by atoms with van der Waals surface area (Å²) in [6.07, 6.45) is 2.11. The smallest absolute Gasteiger partial charge is 0.227 e. The molecular weight excluding hydrogens is 321 g/mol. The molecule has 6 heteroatoms. The standard InChI is InChI=1S/C16H21Cl2N3O/c17-14-4-3-13(10-15(14)18)20-6-8-21(9-7-20)16(22)12-2-1-5-19-11-12/h3-4,10,12,19H,1-2,5-9,11H2. The maximum Gasteiger partial charge on any atom is 0.227 e. The van der Waals surface area contributed by atoms with Crippen molar-refractivity contribution >= 4 is 34.8 Å². The van der Waals surface area contributed by atoms with Crippen molar-refractivity contribution in [1.82, 2.24) is 10.2 Å². The van der Waals surface area contributed by atoms with E-state index in [-0.39, 0.29) is 5.92 Å². The van der Waals surface area contributed by atoms with Gasteiger partial charge in [-0.05, 0) is 37.6 Å². The van der Waals surface area contributed by atoms with E-state index in [1.54, 1.807) is 0 Å². The van der Waals surface area contributed by atoms with E-state index in [0.29, 0.717) is 16.0 Å². The summed E-state index contributed by atoms with van der Waals surface area (Å²) in [5, 5.41) is 4.46. The third kappa shape index (κ3) is 3.50. The summed E-state index contributed by atoms with van der Waals surface area (Å²) in [6.45, 7) is 5.08. The number of anilines is 1. The first-order valence-corrected chi connectivity index (χ1v) is 8.60. The Bertz CT molecular complexity index is 538. The lowest BCUT2D eigenvalue weighted by atomic mass is 9.98. The lowest BCUT2D eigenvalue weighted by Crippen LogP contribution is -2.52. The van der Waals surface area contributed by atoms with Crippen LogP contribution in [0.3, 0.4) is 0 Å². The maximum atomic E-state index is 12.5. The molecule has 2 fully saturated rings. The Morgan fingerprint density at radius 3 is 2.55 bits per heavy atom. The first-order valence-electron chi connectivity index (χ1n) is 7.84. The zero-order chi connectivity index (χ0) is 15.5. The van der Waals surface area contributed by atoms with Crippen LogP contribution in [0.1, 0.15) is 12.8 Å². The predicted molar refractivity (Wildman–Crippen MR) is 90.8 cm³/mol. The number of rotatable bonds is 2. The second-order valence-electron chi connectivity index (χ2n) is 5.95. The Morgan fingerprint density at radius 2 is 1.91 bits per heavy atom. The number of hydrogen-bond donors (Lipinski definition) is 1. The molecule has 0 aromatic heterocycles. The fraction of sp³-hybridized carbons (Fsp3) is 0.562. The second kappa shape index (κ2) is 7.07. The summed E-state index contributed by atoms with van der Waals surface area (Å²) in [5.41, 5.74) is 1.07. The second-order valence-corrected chi connectivity index (χ2v) is 6.77. The third-order valence-electron chi connectivity index (χ3n) is 4.51. The van der Waals surface area contributed by atoms with Crippen molar-refractivity contribution in [2.24, 2.45) is 5.92 Å². The average Bonchev–Trinajstić information content (AvgIpc) is 2.58. The molecule has 1 amide bonds. The summed E-state index contributed by atoms with van der Waals surface area (Å²) in [6, 6.07) is 5.70. The molecule has 2 heterocycles. The fourth-order valence-electron chi connectivity index (χ4n) is 3.19. The van der Waals surface area contributed by atoms with Crippen molar-refractivity contribution in [1.29, 1.82) is 0 Å². The minimum atomic E-state index is 0.158. The quantitative estimate of drug-likeness (QED) is 0.898. The van der Waals surface area contributed by atoms with Gasteiger partial charge in [0.15, 0.2) is 0 Å². The molecule has 0 aliphatic carbocycles. The van der Waals surface area contributed by atoms with Gasteiger partial charge in [-0.2, -0.15) is 0 Å². The van der Waals surface area contributed by atoms with Crippen molar-refractivity contribution in [3.05, 3.63) is 28.2 Å². The van der Waals surface area contributed by atoms with E-state index >= 15 is 0 Å². The molecule has 2 aliphatic rings. The molecule has 120 valence electrons. The SMILES string of the molecule is O=C(C1CCCNC1)N1CCN(c2ccc(Cl)c(Cl)c2)CC1. The molecule has 2 aliphatic heterocycles. The third-order valence-corrected chi connectivity index (χ3v) is 5.24. The lowest BCUT2D eigenvalue weighted by Gasteiger charge is -2.38. The minimum Gasteiger partial charge on any atom is -0.368 e. The number of carbonyl (C=O) groups is 1. The van der Waals surface area contributed by atoms with Gasteiger partial charge in [-0.1, -0.05) is 23.2 Å². The molecule has 0 bridgehead atoms. The van der Waals surface area contributed by atoms with Gasteiger partial charge in [0.25, 0.3) is 0 Å². The molecule has 2 saturated heterocycles. The number of amides is 1. The average molecular weight is 342 g/mol. The summed E-state index contributed by atoms with van der Waals surface area (Å²) in [5.74, 6) is 0.464. The van der Waals surface area contributed by atoms with Crippen LogP contribution >= 0.6 is 23.2 Å². The molecule has 4 nitrogen and oxygen atoms in total. The number of piperidine rings is 1. The molecule has 3 rings (SSSR count). The molecule has 0 saturated carbocycles. The van der Waals surface area contributed by atoms with Gasteiger partial charge in [-0.25, -0.2) is 0 Å².